The van der Waals surface area contributed by atoms with Crippen molar-refractivity contribution in [3.63, 3.8) is 0 Å². The SMILES string of the molecule is CCCN(C(=O)C1=Cc2cc(OC)ccc2OC1)C1CCNC1. The minimum absolute atomic E-state index is 0.0917. The number of nitrogens with zero attached hydrogens (tertiary/aromatic N) is 1. The van der Waals surface area contributed by atoms with Gasteiger partial charge in [0.05, 0.1) is 12.7 Å². The van der Waals surface area contributed by atoms with Crippen LogP contribution in [0.5, 0.6) is 11.5 Å². The van der Waals surface area contributed by atoms with E-state index >= 15 is 0 Å². The summed E-state index contributed by atoms with van der Waals surface area (Å²) in [5.74, 6) is 1.66. The summed E-state index contributed by atoms with van der Waals surface area (Å²) in [5.41, 5.74) is 1.62. The van der Waals surface area contributed by atoms with Gasteiger partial charge >= 0.3 is 0 Å². The topological polar surface area (TPSA) is 50.8 Å². The zero-order valence-electron chi connectivity index (χ0n) is 13.8. The van der Waals surface area contributed by atoms with Crippen molar-refractivity contribution in [1.82, 2.24) is 10.2 Å². The molecule has 0 bridgehead atoms. The Balaban J connectivity index is 1.84. The zero-order chi connectivity index (χ0) is 16.2. The van der Waals surface area contributed by atoms with Crippen molar-refractivity contribution >= 4 is 12.0 Å². The summed E-state index contributed by atoms with van der Waals surface area (Å²) in [6.45, 7) is 5.08. The fraction of sp³-hybridized carbons (Fsp3) is 0.500. The molecule has 0 aliphatic carbocycles. The number of rotatable bonds is 5. The number of benzene rings is 1. The number of fused-ring (bicyclic) bond motifs is 1. The molecule has 1 atom stereocenters. The molecule has 2 heterocycles. The molecule has 5 heteroatoms. The summed E-state index contributed by atoms with van der Waals surface area (Å²) in [6, 6.07) is 5.95. The van der Waals surface area contributed by atoms with Gasteiger partial charge in [-0.25, -0.2) is 0 Å². The third kappa shape index (κ3) is 3.34. The van der Waals surface area contributed by atoms with Gasteiger partial charge in [0.15, 0.2) is 0 Å². The lowest BCUT2D eigenvalue weighted by molar-refractivity contribution is -0.129. The number of amides is 1. The van der Waals surface area contributed by atoms with E-state index in [0.717, 1.165) is 49.5 Å². The molecule has 1 N–H and O–H groups in total. The summed E-state index contributed by atoms with van der Waals surface area (Å²) in [4.78, 5) is 15.0. The maximum atomic E-state index is 13.0. The molecule has 23 heavy (non-hydrogen) atoms. The molecule has 1 fully saturated rings. The van der Waals surface area contributed by atoms with Crippen LogP contribution in [0.4, 0.5) is 0 Å². The van der Waals surface area contributed by atoms with Crippen LogP contribution in [0.25, 0.3) is 6.08 Å². The smallest absolute Gasteiger partial charge is 0.253 e. The number of carbonyl (C=O) groups is 1. The molecule has 124 valence electrons. The van der Waals surface area contributed by atoms with Crippen LogP contribution in [-0.4, -0.2) is 50.2 Å². The molecule has 0 radical (unpaired) electrons. The van der Waals surface area contributed by atoms with Crippen LogP contribution in [0, 0.1) is 0 Å². The quantitative estimate of drug-likeness (QED) is 0.903. The van der Waals surface area contributed by atoms with Crippen LogP contribution >= 0.6 is 0 Å². The van der Waals surface area contributed by atoms with E-state index in [2.05, 4.69) is 12.2 Å². The molecule has 0 spiro atoms. The van der Waals surface area contributed by atoms with E-state index in [1.165, 1.54) is 0 Å². The first-order valence-corrected chi connectivity index (χ1v) is 8.26. The Kier molecular flexibility index (Phi) is 4.86. The highest BCUT2D eigenvalue weighted by Crippen LogP contribution is 2.30. The molecule has 2 aliphatic rings. The average Bonchev–Trinajstić information content (AvgIpc) is 3.12. The van der Waals surface area contributed by atoms with E-state index in [-0.39, 0.29) is 11.9 Å². The molecule has 1 aromatic rings. The predicted octanol–water partition coefficient (Wildman–Crippen LogP) is 2.07. The highest BCUT2D eigenvalue weighted by atomic mass is 16.5. The molecular formula is C18H24N2O3. The molecule has 0 aromatic heterocycles. The fourth-order valence-corrected chi connectivity index (χ4v) is 3.19. The predicted molar refractivity (Wildman–Crippen MR) is 89.7 cm³/mol. The fourth-order valence-electron chi connectivity index (χ4n) is 3.19. The largest absolute Gasteiger partial charge is 0.497 e. The average molecular weight is 316 g/mol. The molecular weight excluding hydrogens is 292 g/mol. The van der Waals surface area contributed by atoms with Gasteiger partial charge in [-0.1, -0.05) is 6.92 Å². The third-order valence-electron chi connectivity index (χ3n) is 4.41. The van der Waals surface area contributed by atoms with E-state index in [0.29, 0.717) is 12.2 Å². The number of nitrogens with one attached hydrogen (secondary N) is 1. The van der Waals surface area contributed by atoms with Crippen LogP contribution in [0.1, 0.15) is 25.3 Å². The number of hydrogen-bond donors (Lipinski definition) is 1. The van der Waals surface area contributed by atoms with Gasteiger partial charge in [-0.2, -0.15) is 0 Å². The Morgan fingerprint density at radius 2 is 2.35 bits per heavy atom. The monoisotopic (exact) mass is 316 g/mol. The highest BCUT2D eigenvalue weighted by Gasteiger charge is 2.29. The highest BCUT2D eigenvalue weighted by molar-refractivity contribution is 5.99. The number of hydrogen-bond acceptors (Lipinski definition) is 4. The summed E-state index contributed by atoms with van der Waals surface area (Å²) < 4.78 is 11.0. The Bertz CT molecular complexity index is 606. The van der Waals surface area contributed by atoms with Crippen molar-refractivity contribution < 1.29 is 14.3 Å². The number of carbonyl (C=O) groups excluding carboxylic acids is 1. The normalized spacial score (nSPS) is 19.6. The van der Waals surface area contributed by atoms with Crippen LogP contribution in [0.15, 0.2) is 23.8 Å². The summed E-state index contributed by atoms with van der Waals surface area (Å²) in [7, 11) is 1.64. The molecule has 0 saturated carbocycles. The van der Waals surface area contributed by atoms with Crippen molar-refractivity contribution in [3.8, 4) is 11.5 Å². The van der Waals surface area contributed by atoms with Crippen molar-refractivity contribution in [2.45, 2.75) is 25.8 Å². The first kappa shape index (κ1) is 15.9. The van der Waals surface area contributed by atoms with Crippen molar-refractivity contribution in [1.29, 1.82) is 0 Å². The standard InChI is InChI=1S/C18H24N2O3/c1-3-8-20(15-6-7-19-11-15)18(21)14-9-13-10-16(22-2)4-5-17(13)23-12-14/h4-5,9-10,15,19H,3,6-8,11-12H2,1-2H3. The van der Waals surface area contributed by atoms with Gasteiger partial charge in [-0.3, -0.25) is 4.79 Å². The van der Waals surface area contributed by atoms with Crippen LogP contribution in [0.2, 0.25) is 0 Å². The van der Waals surface area contributed by atoms with Crippen LogP contribution in [-0.2, 0) is 4.79 Å². The molecule has 1 amide bonds. The molecule has 5 nitrogen and oxygen atoms in total. The van der Waals surface area contributed by atoms with Gasteiger partial charge in [0.1, 0.15) is 18.1 Å². The molecule has 1 aromatic carbocycles. The van der Waals surface area contributed by atoms with E-state index in [1.54, 1.807) is 7.11 Å². The Labute approximate surface area is 137 Å². The summed E-state index contributed by atoms with van der Waals surface area (Å²) in [5, 5.41) is 3.34. The van der Waals surface area contributed by atoms with Crippen LogP contribution < -0.4 is 14.8 Å². The minimum Gasteiger partial charge on any atom is -0.497 e. The van der Waals surface area contributed by atoms with E-state index < -0.39 is 0 Å². The van der Waals surface area contributed by atoms with Crippen molar-refractivity contribution in [2.24, 2.45) is 0 Å². The van der Waals surface area contributed by atoms with Gasteiger partial charge < -0.3 is 19.7 Å². The lowest BCUT2D eigenvalue weighted by Gasteiger charge is -2.30. The van der Waals surface area contributed by atoms with E-state index in [9.17, 15) is 4.79 Å². The number of ether oxygens (including phenoxy) is 2. The maximum absolute atomic E-state index is 13.0. The van der Waals surface area contributed by atoms with E-state index in [1.807, 2.05) is 29.2 Å². The third-order valence-corrected chi connectivity index (χ3v) is 4.41. The lowest BCUT2D eigenvalue weighted by atomic mass is 10.0. The van der Waals surface area contributed by atoms with Crippen LogP contribution in [0.3, 0.4) is 0 Å². The summed E-state index contributed by atoms with van der Waals surface area (Å²) >= 11 is 0. The molecule has 2 aliphatic heterocycles. The summed E-state index contributed by atoms with van der Waals surface area (Å²) in [6.07, 6.45) is 3.92. The number of methoxy groups -OCH3 is 1. The zero-order valence-corrected chi connectivity index (χ0v) is 13.8. The van der Waals surface area contributed by atoms with E-state index in [4.69, 9.17) is 9.47 Å². The second kappa shape index (κ2) is 7.04. The first-order valence-electron chi connectivity index (χ1n) is 8.26. The van der Waals surface area contributed by atoms with Gasteiger partial charge in [0, 0.05) is 24.7 Å². The van der Waals surface area contributed by atoms with Crippen molar-refractivity contribution in [3.05, 3.63) is 29.3 Å². The van der Waals surface area contributed by atoms with Gasteiger partial charge in [0.25, 0.3) is 5.91 Å². The second-order valence-corrected chi connectivity index (χ2v) is 6.01. The lowest BCUT2D eigenvalue weighted by Crippen LogP contribution is -2.43. The van der Waals surface area contributed by atoms with Gasteiger partial charge in [0.2, 0.25) is 0 Å². The molecule has 1 saturated heterocycles. The first-order chi connectivity index (χ1) is 11.2. The Morgan fingerprint density at radius 1 is 1.48 bits per heavy atom. The Hall–Kier alpha value is -2.01. The van der Waals surface area contributed by atoms with Gasteiger partial charge in [-0.05, 0) is 43.7 Å². The van der Waals surface area contributed by atoms with Gasteiger partial charge in [-0.15, -0.1) is 0 Å². The minimum atomic E-state index is 0.0917. The maximum Gasteiger partial charge on any atom is 0.253 e. The molecule has 3 rings (SSSR count). The second-order valence-electron chi connectivity index (χ2n) is 6.01. The Morgan fingerprint density at radius 3 is 3.04 bits per heavy atom. The van der Waals surface area contributed by atoms with Crippen molar-refractivity contribution in [2.75, 3.05) is 33.4 Å². The molecule has 1 unspecified atom stereocenters.